The third-order valence-corrected chi connectivity index (χ3v) is 5.70. The zero-order valence-electron chi connectivity index (χ0n) is 19.2. The van der Waals surface area contributed by atoms with Gasteiger partial charge in [0.05, 0.1) is 50.6 Å². The fraction of sp³-hybridized carbons (Fsp3) is 0.304. The largest absolute Gasteiger partial charge is 0.494 e. The third-order valence-electron chi connectivity index (χ3n) is 5.70. The molecule has 1 amide bonds. The van der Waals surface area contributed by atoms with Crippen LogP contribution in [-0.2, 0) is 16.6 Å². The number of aromatic nitrogens is 3. The van der Waals surface area contributed by atoms with Gasteiger partial charge in [0.15, 0.2) is 23.1 Å². The van der Waals surface area contributed by atoms with Crippen LogP contribution in [0.4, 0.5) is 14.7 Å². The standard InChI is InChI=1S/C23H23F2N5O5/c1-5-17(31)27-13-9-35-10-14(13)28-23-26-8-11-6-12(22(32)30(2)21(11)29-23)18-19(24)15(33-3)7-16(34-4)20(18)25/h5-8,13-14H,1,9-10H2,2-4H3,(H,27,31)(H,26,28,29). The molecule has 0 aliphatic carbocycles. The lowest BCUT2D eigenvalue weighted by Crippen LogP contribution is -2.45. The van der Waals surface area contributed by atoms with Gasteiger partial charge >= 0.3 is 0 Å². The summed E-state index contributed by atoms with van der Waals surface area (Å²) in [6, 6.07) is 1.73. The molecule has 3 aromatic rings. The first kappa shape index (κ1) is 24.1. The van der Waals surface area contributed by atoms with Crippen LogP contribution in [0.1, 0.15) is 0 Å². The van der Waals surface area contributed by atoms with Crippen LogP contribution in [0.15, 0.2) is 35.8 Å². The lowest BCUT2D eigenvalue weighted by atomic mass is 10.0. The summed E-state index contributed by atoms with van der Waals surface area (Å²) in [5.41, 5.74) is -1.27. The quantitative estimate of drug-likeness (QED) is 0.485. The van der Waals surface area contributed by atoms with Crippen molar-refractivity contribution in [2.75, 3.05) is 32.8 Å². The molecule has 3 heterocycles. The minimum atomic E-state index is -1.03. The fourth-order valence-electron chi connectivity index (χ4n) is 3.86. The number of nitrogens with one attached hydrogen (secondary N) is 2. The lowest BCUT2D eigenvalue weighted by Gasteiger charge is -2.20. The molecule has 12 heteroatoms. The molecule has 35 heavy (non-hydrogen) atoms. The number of benzene rings is 1. The molecule has 10 nitrogen and oxygen atoms in total. The van der Waals surface area contributed by atoms with Crippen LogP contribution in [0, 0.1) is 11.6 Å². The van der Waals surface area contributed by atoms with E-state index < -0.39 is 22.8 Å². The molecule has 1 fully saturated rings. The predicted molar refractivity (Wildman–Crippen MR) is 124 cm³/mol. The molecule has 4 rings (SSSR count). The Morgan fingerprint density at radius 3 is 2.49 bits per heavy atom. The maximum Gasteiger partial charge on any atom is 0.260 e. The number of hydrogen-bond donors (Lipinski definition) is 2. The van der Waals surface area contributed by atoms with Crippen LogP contribution in [0.2, 0.25) is 0 Å². The summed E-state index contributed by atoms with van der Waals surface area (Å²) in [5, 5.41) is 6.22. The van der Waals surface area contributed by atoms with E-state index in [0.717, 1.165) is 6.07 Å². The Hall–Kier alpha value is -4.06. The highest BCUT2D eigenvalue weighted by Gasteiger charge is 2.30. The van der Waals surface area contributed by atoms with Gasteiger partial charge in [0.2, 0.25) is 11.9 Å². The second-order valence-corrected chi connectivity index (χ2v) is 7.79. The number of hydrogen-bond acceptors (Lipinski definition) is 8. The molecule has 0 saturated carbocycles. The summed E-state index contributed by atoms with van der Waals surface area (Å²) in [7, 11) is 3.89. The first-order chi connectivity index (χ1) is 16.8. The Balaban J connectivity index is 1.75. The van der Waals surface area contributed by atoms with E-state index in [1.165, 1.54) is 44.2 Å². The minimum absolute atomic E-state index is 0.189. The predicted octanol–water partition coefficient (Wildman–Crippen LogP) is 1.77. The molecule has 0 spiro atoms. The minimum Gasteiger partial charge on any atom is -0.494 e. The van der Waals surface area contributed by atoms with Crippen molar-refractivity contribution in [2.24, 2.45) is 7.05 Å². The highest BCUT2D eigenvalue weighted by Crippen LogP contribution is 2.37. The third kappa shape index (κ3) is 4.39. The van der Waals surface area contributed by atoms with E-state index in [1.807, 2.05) is 0 Å². The van der Waals surface area contributed by atoms with Gasteiger partial charge in [-0.15, -0.1) is 0 Å². The summed E-state index contributed by atoms with van der Waals surface area (Å²) >= 11 is 0. The number of methoxy groups -OCH3 is 2. The normalized spacial score (nSPS) is 17.3. The van der Waals surface area contributed by atoms with Crippen molar-refractivity contribution in [2.45, 2.75) is 12.1 Å². The highest BCUT2D eigenvalue weighted by molar-refractivity contribution is 5.87. The number of ether oxygens (including phenoxy) is 3. The average Bonchev–Trinajstić information content (AvgIpc) is 3.28. The monoisotopic (exact) mass is 487 g/mol. The summed E-state index contributed by atoms with van der Waals surface area (Å²) in [5.74, 6) is -2.75. The van der Waals surface area contributed by atoms with Crippen LogP contribution in [0.5, 0.6) is 11.5 Å². The Kier molecular flexibility index (Phi) is 6.65. The topological polar surface area (TPSA) is 117 Å². The Bertz CT molecular complexity index is 1350. The Morgan fingerprint density at radius 2 is 1.86 bits per heavy atom. The molecule has 0 bridgehead atoms. The van der Waals surface area contributed by atoms with Crippen molar-refractivity contribution in [1.29, 1.82) is 0 Å². The van der Waals surface area contributed by atoms with Crippen LogP contribution in [-0.4, -0.2) is 60.0 Å². The van der Waals surface area contributed by atoms with E-state index >= 15 is 8.78 Å². The van der Waals surface area contributed by atoms with Gasteiger partial charge in [0.25, 0.3) is 5.56 Å². The number of fused-ring (bicyclic) bond motifs is 1. The van der Waals surface area contributed by atoms with Gasteiger partial charge in [-0.1, -0.05) is 6.58 Å². The van der Waals surface area contributed by atoms with Gasteiger partial charge < -0.3 is 24.8 Å². The molecular weight excluding hydrogens is 464 g/mol. The van der Waals surface area contributed by atoms with Gasteiger partial charge in [-0.2, -0.15) is 4.98 Å². The van der Waals surface area contributed by atoms with Crippen molar-refractivity contribution in [1.82, 2.24) is 19.9 Å². The Morgan fingerprint density at radius 1 is 1.20 bits per heavy atom. The van der Waals surface area contributed by atoms with E-state index in [-0.39, 0.29) is 46.6 Å². The van der Waals surface area contributed by atoms with E-state index in [4.69, 9.17) is 14.2 Å². The van der Waals surface area contributed by atoms with Gasteiger partial charge in [-0.25, -0.2) is 13.8 Å². The van der Waals surface area contributed by atoms with Crippen molar-refractivity contribution < 1.29 is 27.8 Å². The van der Waals surface area contributed by atoms with Crippen molar-refractivity contribution >= 4 is 22.9 Å². The van der Waals surface area contributed by atoms with E-state index in [1.54, 1.807) is 0 Å². The molecule has 2 atom stereocenters. The molecule has 1 saturated heterocycles. The van der Waals surface area contributed by atoms with E-state index in [9.17, 15) is 9.59 Å². The molecule has 2 N–H and O–H groups in total. The molecular formula is C23H23F2N5O5. The maximum atomic E-state index is 15.0. The number of anilines is 1. The zero-order chi connectivity index (χ0) is 25.3. The van der Waals surface area contributed by atoms with Crippen molar-refractivity contribution in [3.8, 4) is 22.6 Å². The van der Waals surface area contributed by atoms with Crippen LogP contribution < -0.4 is 25.7 Å². The smallest absolute Gasteiger partial charge is 0.260 e. The van der Waals surface area contributed by atoms with Crippen molar-refractivity contribution in [3.05, 3.63) is 53.0 Å². The van der Waals surface area contributed by atoms with Crippen LogP contribution >= 0.6 is 0 Å². The lowest BCUT2D eigenvalue weighted by molar-refractivity contribution is -0.117. The number of aryl methyl sites for hydroxylation is 1. The first-order valence-electron chi connectivity index (χ1n) is 10.5. The van der Waals surface area contributed by atoms with E-state index in [0.29, 0.717) is 18.6 Å². The highest BCUT2D eigenvalue weighted by atomic mass is 19.1. The second kappa shape index (κ2) is 9.66. The molecule has 1 aromatic carbocycles. The first-order valence-corrected chi connectivity index (χ1v) is 10.5. The van der Waals surface area contributed by atoms with Crippen LogP contribution in [0.25, 0.3) is 22.2 Å². The Labute approximate surface area is 198 Å². The SMILES string of the molecule is C=CC(=O)NC1COCC1Nc1ncc2cc(-c3c(F)c(OC)cc(OC)c3F)c(=O)n(C)c2n1. The second-order valence-electron chi connectivity index (χ2n) is 7.79. The summed E-state index contributed by atoms with van der Waals surface area (Å²) in [6.07, 6.45) is 2.59. The number of carbonyl (C=O) groups excluding carboxylic acids is 1. The van der Waals surface area contributed by atoms with Gasteiger partial charge in [-0.3, -0.25) is 14.2 Å². The number of rotatable bonds is 7. The van der Waals surface area contributed by atoms with E-state index in [2.05, 4.69) is 27.2 Å². The average molecular weight is 487 g/mol. The number of amides is 1. The molecule has 0 radical (unpaired) electrons. The van der Waals surface area contributed by atoms with Gasteiger partial charge in [0.1, 0.15) is 5.65 Å². The molecule has 1 aliphatic rings. The number of halogens is 2. The number of pyridine rings is 1. The van der Waals surface area contributed by atoms with Gasteiger partial charge in [-0.05, 0) is 12.1 Å². The van der Waals surface area contributed by atoms with Crippen molar-refractivity contribution in [3.63, 3.8) is 0 Å². The number of carbonyl (C=O) groups is 1. The molecule has 1 aliphatic heterocycles. The number of nitrogens with zero attached hydrogens (tertiary/aromatic N) is 3. The van der Waals surface area contributed by atoms with Gasteiger partial charge in [0, 0.05) is 24.7 Å². The summed E-state index contributed by atoms with van der Waals surface area (Å²) < 4.78 is 46.6. The zero-order valence-corrected chi connectivity index (χ0v) is 19.2. The fourth-order valence-corrected chi connectivity index (χ4v) is 3.86. The molecule has 2 unspecified atom stereocenters. The summed E-state index contributed by atoms with van der Waals surface area (Å²) in [4.78, 5) is 33.4. The summed E-state index contributed by atoms with van der Waals surface area (Å²) in [6.45, 7) is 4.03. The van der Waals surface area contributed by atoms with Crippen LogP contribution in [0.3, 0.4) is 0 Å². The maximum absolute atomic E-state index is 15.0. The molecule has 184 valence electrons. The molecule has 2 aromatic heterocycles.